The van der Waals surface area contributed by atoms with Crippen molar-refractivity contribution in [2.75, 3.05) is 6.54 Å². The van der Waals surface area contributed by atoms with Gasteiger partial charge in [-0.3, -0.25) is 14.9 Å². The smallest absolute Gasteiger partial charge is 0.270 e. The van der Waals surface area contributed by atoms with E-state index in [1.165, 1.54) is 48.7 Å². The zero-order chi connectivity index (χ0) is 25.6. The molecule has 1 amide bonds. The summed E-state index contributed by atoms with van der Waals surface area (Å²) in [6.07, 6.45) is 1.20. The van der Waals surface area contributed by atoms with Gasteiger partial charge in [-0.2, -0.15) is 9.41 Å². The Hall–Kier alpha value is -3.02. The van der Waals surface area contributed by atoms with E-state index in [1.54, 1.807) is 24.3 Å². The molecular formula is C22H17Cl3N4O5S. The summed E-state index contributed by atoms with van der Waals surface area (Å²) in [7, 11) is -4.17. The van der Waals surface area contributed by atoms with E-state index in [9.17, 15) is 23.3 Å². The minimum atomic E-state index is -4.17. The lowest BCUT2D eigenvalue weighted by Gasteiger charge is -2.22. The number of nitro benzene ring substituents is 1. The Balaban J connectivity index is 1.83. The molecule has 1 N–H and O–H groups in total. The molecule has 0 aromatic heterocycles. The lowest BCUT2D eigenvalue weighted by atomic mass is 10.2. The van der Waals surface area contributed by atoms with Crippen molar-refractivity contribution < 1.29 is 18.1 Å². The molecular weight excluding hydrogens is 539 g/mol. The van der Waals surface area contributed by atoms with Crippen LogP contribution in [0.4, 0.5) is 5.69 Å². The van der Waals surface area contributed by atoms with Gasteiger partial charge in [0.1, 0.15) is 0 Å². The van der Waals surface area contributed by atoms with Gasteiger partial charge in [-0.25, -0.2) is 13.8 Å². The van der Waals surface area contributed by atoms with Gasteiger partial charge in [0.25, 0.3) is 11.6 Å². The molecule has 3 aromatic carbocycles. The van der Waals surface area contributed by atoms with Crippen LogP contribution in [-0.2, 0) is 21.4 Å². The van der Waals surface area contributed by atoms with Crippen LogP contribution >= 0.6 is 34.8 Å². The number of amides is 1. The summed E-state index contributed by atoms with van der Waals surface area (Å²) in [6, 6.07) is 15.8. The maximum absolute atomic E-state index is 13.3. The molecule has 13 heteroatoms. The van der Waals surface area contributed by atoms with Crippen molar-refractivity contribution >= 4 is 62.6 Å². The first-order valence-electron chi connectivity index (χ1n) is 9.83. The molecule has 182 valence electrons. The number of carbonyl (C=O) groups excluding carboxylic acids is 1. The summed E-state index contributed by atoms with van der Waals surface area (Å²) in [5, 5.41) is 15.5. The van der Waals surface area contributed by atoms with Crippen LogP contribution < -0.4 is 5.43 Å². The van der Waals surface area contributed by atoms with Crippen LogP contribution in [0.15, 0.2) is 76.7 Å². The quantitative estimate of drug-likeness (QED) is 0.229. The molecule has 35 heavy (non-hydrogen) atoms. The number of nitro groups is 1. The monoisotopic (exact) mass is 554 g/mol. The topological polar surface area (TPSA) is 122 Å². The van der Waals surface area contributed by atoms with Gasteiger partial charge in [-0.05, 0) is 36.4 Å². The highest BCUT2D eigenvalue weighted by Crippen LogP contribution is 2.28. The van der Waals surface area contributed by atoms with Crippen molar-refractivity contribution in [3.8, 4) is 0 Å². The Morgan fingerprint density at radius 2 is 1.66 bits per heavy atom. The van der Waals surface area contributed by atoms with E-state index in [0.717, 1.165) is 4.31 Å². The summed E-state index contributed by atoms with van der Waals surface area (Å²) in [6.45, 7) is -0.899. The van der Waals surface area contributed by atoms with Crippen molar-refractivity contribution in [1.82, 2.24) is 9.73 Å². The zero-order valence-corrected chi connectivity index (χ0v) is 20.9. The number of carbonyl (C=O) groups is 1. The molecule has 0 saturated heterocycles. The molecule has 0 atom stereocenters. The molecule has 0 fully saturated rings. The third-order valence-electron chi connectivity index (χ3n) is 4.65. The maximum atomic E-state index is 13.3. The molecule has 0 aliphatic carbocycles. The fourth-order valence-corrected chi connectivity index (χ4v) is 4.94. The fourth-order valence-electron chi connectivity index (χ4n) is 2.93. The normalized spacial score (nSPS) is 11.7. The van der Waals surface area contributed by atoms with Gasteiger partial charge in [0, 0.05) is 44.9 Å². The lowest BCUT2D eigenvalue weighted by molar-refractivity contribution is -0.384. The zero-order valence-electron chi connectivity index (χ0n) is 17.8. The van der Waals surface area contributed by atoms with E-state index in [2.05, 4.69) is 10.5 Å². The Morgan fingerprint density at radius 1 is 1.03 bits per heavy atom. The first kappa shape index (κ1) is 26.6. The lowest BCUT2D eigenvalue weighted by Crippen LogP contribution is -2.39. The predicted octanol–water partition coefficient (Wildman–Crippen LogP) is 4.90. The summed E-state index contributed by atoms with van der Waals surface area (Å²) < 4.78 is 27.5. The number of non-ortho nitro benzene ring substituents is 1. The van der Waals surface area contributed by atoms with E-state index in [1.807, 2.05) is 0 Å². The van der Waals surface area contributed by atoms with Crippen molar-refractivity contribution in [1.29, 1.82) is 0 Å². The van der Waals surface area contributed by atoms with Crippen LogP contribution in [0, 0.1) is 10.1 Å². The Bertz CT molecular complexity index is 1360. The van der Waals surface area contributed by atoms with Crippen molar-refractivity contribution in [3.05, 3.63) is 103 Å². The number of sulfonamides is 1. The number of nitrogens with zero attached hydrogens (tertiary/aromatic N) is 3. The van der Waals surface area contributed by atoms with Gasteiger partial charge in [0.05, 0.1) is 22.6 Å². The van der Waals surface area contributed by atoms with E-state index in [0.29, 0.717) is 16.1 Å². The molecule has 3 aromatic rings. The third-order valence-corrected chi connectivity index (χ3v) is 7.42. The molecule has 3 rings (SSSR count). The standard InChI is InChI=1S/C22H17Cl3N4O5S/c23-16-7-9-18(10-8-16)35(33,34)28(13-19-20(24)5-2-6-21(19)25)14-22(30)27-26-12-15-3-1-4-17(11-15)29(31)32/h1-12H,13-14H2,(H,27,30)/b26-12-. The van der Waals surface area contributed by atoms with Gasteiger partial charge < -0.3 is 0 Å². The summed E-state index contributed by atoms with van der Waals surface area (Å²) in [5.41, 5.74) is 2.77. The van der Waals surface area contributed by atoms with Crippen LogP contribution in [0.1, 0.15) is 11.1 Å². The van der Waals surface area contributed by atoms with Gasteiger partial charge in [-0.15, -0.1) is 0 Å². The summed E-state index contributed by atoms with van der Waals surface area (Å²) in [5.74, 6) is -0.757. The third kappa shape index (κ3) is 7.00. The molecule has 0 bridgehead atoms. The van der Waals surface area contributed by atoms with Gasteiger partial charge in [-0.1, -0.05) is 53.0 Å². The summed E-state index contributed by atoms with van der Waals surface area (Å²) in [4.78, 5) is 22.8. The second kappa shape index (κ2) is 11.6. The molecule has 0 saturated carbocycles. The SMILES string of the molecule is O=C(CN(Cc1c(Cl)cccc1Cl)S(=O)(=O)c1ccc(Cl)cc1)N/N=C\c1cccc([N+](=O)[O-])c1. The maximum Gasteiger partial charge on any atom is 0.270 e. The minimum absolute atomic E-state index is 0.0852. The number of nitrogens with one attached hydrogen (secondary N) is 1. The van der Waals surface area contributed by atoms with E-state index < -0.39 is 27.4 Å². The number of hydrogen-bond acceptors (Lipinski definition) is 6. The molecule has 0 spiro atoms. The number of hydrogen-bond donors (Lipinski definition) is 1. The highest BCUT2D eigenvalue weighted by molar-refractivity contribution is 7.89. The molecule has 0 radical (unpaired) electrons. The molecule has 0 aliphatic heterocycles. The number of rotatable bonds is 9. The average molecular weight is 556 g/mol. The van der Waals surface area contributed by atoms with Crippen molar-refractivity contribution in [3.63, 3.8) is 0 Å². The van der Waals surface area contributed by atoms with Crippen LogP contribution in [0.2, 0.25) is 15.1 Å². The van der Waals surface area contributed by atoms with E-state index >= 15 is 0 Å². The second-order valence-electron chi connectivity index (χ2n) is 7.07. The predicted molar refractivity (Wildman–Crippen MR) is 134 cm³/mol. The number of benzene rings is 3. The van der Waals surface area contributed by atoms with Crippen LogP contribution in [0.5, 0.6) is 0 Å². The van der Waals surface area contributed by atoms with Gasteiger partial charge in [0.2, 0.25) is 10.0 Å². The van der Waals surface area contributed by atoms with Crippen molar-refractivity contribution in [2.45, 2.75) is 11.4 Å². The molecule has 0 aliphatic rings. The van der Waals surface area contributed by atoms with E-state index in [-0.39, 0.29) is 27.2 Å². The first-order valence-corrected chi connectivity index (χ1v) is 12.4. The molecule has 0 heterocycles. The van der Waals surface area contributed by atoms with Crippen LogP contribution in [-0.4, -0.2) is 36.3 Å². The fraction of sp³-hybridized carbons (Fsp3) is 0.0909. The van der Waals surface area contributed by atoms with Gasteiger partial charge >= 0.3 is 0 Å². The largest absolute Gasteiger partial charge is 0.272 e. The van der Waals surface area contributed by atoms with E-state index in [4.69, 9.17) is 34.8 Å². The summed E-state index contributed by atoms with van der Waals surface area (Å²) >= 11 is 18.3. The second-order valence-corrected chi connectivity index (χ2v) is 10.3. The van der Waals surface area contributed by atoms with Crippen LogP contribution in [0.3, 0.4) is 0 Å². The Kier molecular flexibility index (Phi) is 8.82. The number of hydrazone groups is 1. The molecule has 0 unspecified atom stereocenters. The minimum Gasteiger partial charge on any atom is -0.272 e. The Morgan fingerprint density at radius 3 is 2.29 bits per heavy atom. The van der Waals surface area contributed by atoms with Crippen LogP contribution in [0.25, 0.3) is 0 Å². The van der Waals surface area contributed by atoms with Gasteiger partial charge in [0.15, 0.2) is 0 Å². The Labute approximate surface area is 216 Å². The average Bonchev–Trinajstić information content (AvgIpc) is 2.81. The number of halogens is 3. The highest BCUT2D eigenvalue weighted by Gasteiger charge is 2.28. The first-order chi connectivity index (χ1) is 16.6. The highest BCUT2D eigenvalue weighted by atomic mass is 35.5. The van der Waals surface area contributed by atoms with Crippen molar-refractivity contribution in [2.24, 2.45) is 5.10 Å². The molecule has 9 nitrogen and oxygen atoms in total.